The highest BCUT2D eigenvalue weighted by molar-refractivity contribution is 5.73. The highest BCUT2D eigenvalue weighted by atomic mass is 19.3. The van der Waals surface area contributed by atoms with Crippen LogP contribution < -0.4 is 0 Å². The molecule has 0 spiro atoms. The molecule has 0 aliphatic rings. The van der Waals surface area contributed by atoms with E-state index in [1.807, 2.05) is 0 Å². The van der Waals surface area contributed by atoms with Crippen LogP contribution in [0.3, 0.4) is 0 Å². The standard InChI is InChI=1S/C10H7F2N3O4/c1-19-8(16)3-5-2-6(9(11)12)10(15(17)18)14-7(5)4-13/h2,9H,3H2,1H3. The van der Waals surface area contributed by atoms with Gasteiger partial charge in [-0.1, -0.05) is 0 Å². The molecule has 0 N–H and O–H groups in total. The van der Waals surface area contributed by atoms with Crippen LogP contribution in [0.5, 0.6) is 0 Å². The van der Waals surface area contributed by atoms with Crippen molar-refractivity contribution in [2.75, 3.05) is 7.11 Å². The lowest BCUT2D eigenvalue weighted by molar-refractivity contribution is -0.391. The highest BCUT2D eigenvalue weighted by Crippen LogP contribution is 2.29. The molecule has 0 amide bonds. The van der Waals surface area contributed by atoms with Gasteiger partial charge in [0.1, 0.15) is 11.6 Å². The fourth-order valence-corrected chi connectivity index (χ4v) is 1.33. The molecule has 0 atom stereocenters. The van der Waals surface area contributed by atoms with Crippen molar-refractivity contribution in [1.29, 1.82) is 5.26 Å². The SMILES string of the molecule is COC(=O)Cc1cc(C(F)F)c([N+](=O)[O-])nc1C#N. The average molecular weight is 271 g/mol. The Morgan fingerprint density at radius 1 is 1.68 bits per heavy atom. The van der Waals surface area contributed by atoms with Crippen LogP contribution in [0.1, 0.15) is 23.2 Å². The molecule has 0 fully saturated rings. The Morgan fingerprint density at radius 2 is 2.32 bits per heavy atom. The Kier molecular flexibility index (Phi) is 4.41. The number of aromatic nitrogens is 1. The van der Waals surface area contributed by atoms with Crippen LogP contribution in [0.4, 0.5) is 14.6 Å². The first kappa shape index (κ1) is 14.4. The lowest BCUT2D eigenvalue weighted by Gasteiger charge is -2.05. The molecule has 0 aliphatic carbocycles. The molecule has 1 aromatic heterocycles. The predicted octanol–water partition coefficient (Wildman–Crippen LogP) is 1.51. The predicted molar refractivity (Wildman–Crippen MR) is 56.3 cm³/mol. The highest BCUT2D eigenvalue weighted by Gasteiger charge is 2.28. The van der Waals surface area contributed by atoms with E-state index in [1.165, 1.54) is 6.07 Å². The van der Waals surface area contributed by atoms with Gasteiger partial charge < -0.3 is 14.9 Å². The maximum Gasteiger partial charge on any atom is 0.373 e. The molecule has 0 saturated heterocycles. The molecule has 0 aromatic carbocycles. The number of carbonyl (C=O) groups excluding carboxylic acids is 1. The topological polar surface area (TPSA) is 106 Å². The minimum Gasteiger partial charge on any atom is -0.469 e. The normalized spacial score (nSPS) is 10.1. The zero-order valence-corrected chi connectivity index (χ0v) is 9.59. The quantitative estimate of drug-likeness (QED) is 0.466. The van der Waals surface area contributed by atoms with Gasteiger partial charge in [-0.15, -0.1) is 0 Å². The first-order chi connectivity index (χ1) is 8.90. The number of rotatable bonds is 4. The zero-order valence-electron chi connectivity index (χ0n) is 9.59. The summed E-state index contributed by atoms with van der Waals surface area (Å²) in [5, 5.41) is 19.4. The van der Waals surface area contributed by atoms with Gasteiger partial charge in [-0.3, -0.25) is 4.79 Å². The second kappa shape index (κ2) is 5.81. The van der Waals surface area contributed by atoms with Gasteiger partial charge in [-0.25, -0.2) is 8.78 Å². The second-order valence-electron chi connectivity index (χ2n) is 3.33. The van der Waals surface area contributed by atoms with Crippen molar-refractivity contribution in [2.45, 2.75) is 12.8 Å². The van der Waals surface area contributed by atoms with Gasteiger partial charge in [0.05, 0.1) is 13.5 Å². The van der Waals surface area contributed by atoms with Gasteiger partial charge in [-0.05, 0) is 16.0 Å². The summed E-state index contributed by atoms with van der Waals surface area (Å²) in [5.41, 5.74) is -1.54. The van der Waals surface area contributed by atoms with Crippen molar-refractivity contribution in [1.82, 2.24) is 4.98 Å². The van der Waals surface area contributed by atoms with Crippen LogP contribution in [-0.2, 0) is 16.0 Å². The molecule has 0 radical (unpaired) electrons. The van der Waals surface area contributed by atoms with Crippen LogP contribution in [0.15, 0.2) is 6.07 Å². The number of hydrogen-bond donors (Lipinski definition) is 0. The first-order valence-electron chi connectivity index (χ1n) is 4.84. The number of nitrogens with zero attached hydrogens (tertiary/aromatic N) is 3. The molecule has 0 aliphatic heterocycles. The number of nitriles is 1. The first-order valence-corrected chi connectivity index (χ1v) is 4.84. The van der Waals surface area contributed by atoms with Crippen LogP contribution in [0.2, 0.25) is 0 Å². The van der Waals surface area contributed by atoms with E-state index in [0.29, 0.717) is 0 Å². The smallest absolute Gasteiger partial charge is 0.373 e. The fourth-order valence-electron chi connectivity index (χ4n) is 1.33. The third kappa shape index (κ3) is 3.19. The van der Waals surface area contributed by atoms with Crippen LogP contribution in [-0.4, -0.2) is 23.0 Å². The number of ether oxygens (including phenoxy) is 1. The number of alkyl halides is 2. The molecule has 1 heterocycles. The van der Waals surface area contributed by atoms with E-state index in [0.717, 1.165) is 13.2 Å². The number of methoxy groups -OCH3 is 1. The minimum atomic E-state index is -3.14. The molecule has 1 rings (SSSR count). The van der Waals surface area contributed by atoms with E-state index in [2.05, 4.69) is 9.72 Å². The second-order valence-corrected chi connectivity index (χ2v) is 3.33. The van der Waals surface area contributed by atoms with Gasteiger partial charge in [0.15, 0.2) is 0 Å². The van der Waals surface area contributed by atoms with Crippen molar-refractivity contribution in [2.24, 2.45) is 0 Å². The summed E-state index contributed by atoms with van der Waals surface area (Å²) in [6.07, 6.45) is -3.61. The molecule has 9 heteroatoms. The van der Waals surface area contributed by atoms with E-state index in [1.54, 1.807) is 0 Å². The Balaban J connectivity index is 3.40. The van der Waals surface area contributed by atoms with Crippen LogP contribution >= 0.6 is 0 Å². The van der Waals surface area contributed by atoms with Gasteiger partial charge in [0.2, 0.25) is 0 Å². The summed E-state index contributed by atoms with van der Waals surface area (Å²) in [4.78, 5) is 23.8. The number of halogens is 2. The van der Waals surface area contributed by atoms with Crippen LogP contribution in [0.25, 0.3) is 0 Å². The Hall–Kier alpha value is -2.63. The lowest BCUT2D eigenvalue weighted by atomic mass is 10.1. The van der Waals surface area contributed by atoms with Crippen LogP contribution in [0, 0.1) is 21.4 Å². The molecule has 7 nitrogen and oxygen atoms in total. The minimum absolute atomic E-state index is 0.143. The van der Waals surface area contributed by atoms with Crippen molar-refractivity contribution in [3.05, 3.63) is 33.0 Å². The molecular formula is C10H7F2N3O4. The molecule has 100 valence electrons. The Morgan fingerprint density at radius 3 is 2.74 bits per heavy atom. The van der Waals surface area contributed by atoms with Crippen molar-refractivity contribution >= 4 is 11.8 Å². The van der Waals surface area contributed by atoms with Gasteiger partial charge in [-0.2, -0.15) is 5.26 Å². The molecule has 1 aromatic rings. The summed E-state index contributed by atoms with van der Waals surface area (Å²) < 4.78 is 29.7. The maximum atomic E-state index is 12.7. The molecule has 19 heavy (non-hydrogen) atoms. The number of nitro groups is 1. The zero-order chi connectivity index (χ0) is 14.6. The Bertz CT molecular complexity index is 569. The average Bonchev–Trinajstić information content (AvgIpc) is 2.37. The number of pyridine rings is 1. The monoisotopic (exact) mass is 271 g/mol. The van der Waals surface area contributed by atoms with E-state index < -0.39 is 40.8 Å². The van der Waals surface area contributed by atoms with Crippen molar-refractivity contribution < 1.29 is 23.2 Å². The van der Waals surface area contributed by atoms with Gasteiger partial charge in [0, 0.05) is 5.56 Å². The lowest BCUT2D eigenvalue weighted by Crippen LogP contribution is -2.10. The van der Waals surface area contributed by atoms with Crippen molar-refractivity contribution in [3.8, 4) is 6.07 Å². The largest absolute Gasteiger partial charge is 0.469 e. The summed E-state index contributed by atoms with van der Waals surface area (Å²) in [6.45, 7) is 0. The number of carbonyl (C=O) groups is 1. The fraction of sp³-hybridized carbons (Fsp3) is 0.300. The van der Waals surface area contributed by atoms with E-state index in [-0.39, 0.29) is 5.56 Å². The molecule has 0 unspecified atom stereocenters. The molecular weight excluding hydrogens is 264 g/mol. The van der Waals surface area contributed by atoms with E-state index in [4.69, 9.17) is 5.26 Å². The maximum absolute atomic E-state index is 12.7. The van der Waals surface area contributed by atoms with Gasteiger partial charge in [0.25, 0.3) is 12.1 Å². The van der Waals surface area contributed by atoms with Crippen molar-refractivity contribution in [3.63, 3.8) is 0 Å². The molecule has 0 bridgehead atoms. The molecule has 0 saturated carbocycles. The third-order valence-electron chi connectivity index (χ3n) is 2.19. The summed E-state index contributed by atoms with van der Waals surface area (Å²) in [7, 11) is 1.08. The Labute approximate surface area is 105 Å². The van der Waals surface area contributed by atoms with E-state index in [9.17, 15) is 23.7 Å². The number of esters is 1. The van der Waals surface area contributed by atoms with E-state index >= 15 is 0 Å². The summed E-state index contributed by atoms with van der Waals surface area (Å²) in [5.74, 6) is -1.87. The number of hydrogen-bond acceptors (Lipinski definition) is 6. The third-order valence-corrected chi connectivity index (χ3v) is 2.19. The van der Waals surface area contributed by atoms with Gasteiger partial charge >= 0.3 is 11.8 Å². The summed E-state index contributed by atoms with van der Waals surface area (Å²) >= 11 is 0. The summed E-state index contributed by atoms with van der Waals surface area (Å²) in [6, 6.07) is 2.25.